The number of benzene rings is 1. The Hall–Kier alpha value is -1.53. The topological polar surface area (TPSA) is 42.0 Å². The smallest absolute Gasteiger partial charge is 0.259 e. The van der Waals surface area contributed by atoms with Gasteiger partial charge in [-0.3, -0.25) is 10.1 Å². The third-order valence-corrected chi connectivity index (χ3v) is 5.01. The van der Waals surface area contributed by atoms with E-state index in [1.54, 1.807) is 0 Å². The van der Waals surface area contributed by atoms with E-state index < -0.39 is 17.5 Å². The zero-order valence-corrected chi connectivity index (χ0v) is 13.3. The van der Waals surface area contributed by atoms with Crippen LogP contribution in [0.5, 0.6) is 0 Å². The molecule has 2 aromatic rings. The van der Waals surface area contributed by atoms with Crippen molar-refractivity contribution in [2.45, 2.75) is 26.2 Å². The fraction of sp³-hybridized carbons (Fsp3) is 0.333. The van der Waals surface area contributed by atoms with Crippen LogP contribution in [-0.2, 0) is 12.8 Å². The summed E-state index contributed by atoms with van der Waals surface area (Å²) in [7, 11) is 0. The molecule has 0 fully saturated rings. The summed E-state index contributed by atoms with van der Waals surface area (Å²) in [5.74, 6) is -2.18. The molecule has 1 amide bonds. The zero-order valence-electron chi connectivity index (χ0n) is 11.8. The van der Waals surface area contributed by atoms with Crippen LogP contribution in [0.2, 0.25) is 5.02 Å². The molecule has 116 valence electrons. The molecule has 1 N–H and O–H groups in total. The Morgan fingerprint density at radius 3 is 2.91 bits per heavy atom. The molecule has 0 aliphatic heterocycles. The van der Waals surface area contributed by atoms with Crippen LogP contribution in [0.15, 0.2) is 12.1 Å². The molecule has 7 heteroatoms. The van der Waals surface area contributed by atoms with Crippen molar-refractivity contribution in [2.75, 3.05) is 5.32 Å². The van der Waals surface area contributed by atoms with Gasteiger partial charge in [0.2, 0.25) is 0 Å². The molecule has 0 bridgehead atoms. The highest BCUT2D eigenvalue weighted by molar-refractivity contribution is 7.15. The van der Waals surface area contributed by atoms with Gasteiger partial charge in [-0.15, -0.1) is 11.3 Å². The van der Waals surface area contributed by atoms with Gasteiger partial charge in [-0.05, 0) is 37.3 Å². The summed E-state index contributed by atoms with van der Waals surface area (Å²) >= 11 is 7.22. The quantitative estimate of drug-likeness (QED) is 0.819. The third-order valence-electron chi connectivity index (χ3n) is 3.66. The Labute approximate surface area is 135 Å². The number of carbonyl (C=O) groups is 1. The average Bonchev–Trinajstić information content (AvgIpc) is 2.83. The summed E-state index contributed by atoms with van der Waals surface area (Å²) in [6, 6.07) is 1.59. The summed E-state index contributed by atoms with van der Waals surface area (Å²) in [4.78, 5) is 17.7. The lowest BCUT2D eigenvalue weighted by atomic mass is 9.93. The number of halogens is 3. The van der Waals surface area contributed by atoms with Crippen molar-refractivity contribution in [3.63, 3.8) is 0 Å². The number of nitrogens with one attached hydrogen (secondary N) is 1. The minimum Gasteiger partial charge on any atom is -0.298 e. The lowest BCUT2D eigenvalue weighted by Crippen LogP contribution is -2.13. The molecule has 0 saturated carbocycles. The van der Waals surface area contributed by atoms with E-state index in [1.807, 2.05) is 0 Å². The second kappa shape index (κ2) is 5.93. The van der Waals surface area contributed by atoms with E-state index in [9.17, 15) is 13.6 Å². The first-order chi connectivity index (χ1) is 10.4. The number of rotatable bonds is 2. The van der Waals surface area contributed by atoms with Gasteiger partial charge in [-0.25, -0.2) is 13.8 Å². The van der Waals surface area contributed by atoms with Crippen LogP contribution >= 0.6 is 22.9 Å². The Morgan fingerprint density at radius 2 is 2.14 bits per heavy atom. The maximum absolute atomic E-state index is 13.3. The van der Waals surface area contributed by atoms with Gasteiger partial charge in [0.05, 0.1) is 16.3 Å². The van der Waals surface area contributed by atoms with E-state index in [4.69, 9.17) is 11.6 Å². The van der Waals surface area contributed by atoms with Gasteiger partial charge in [-0.1, -0.05) is 18.5 Å². The van der Waals surface area contributed by atoms with Gasteiger partial charge >= 0.3 is 0 Å². The van der Waals surface area contributed by atoms with Gasteiger partial charge in [0.15, 0.2) is 16.8 Å². The van der Waals surface area contributed by atoms with E-state index in [0.717, 1.165) is 37.1 Å². The predicted octanol–water partition coefficient (Wildman–Crippen LogP) is 4.45. The maximum atomic E-state index is 13.3. The second-order valence-electron chi connectivity index (χ2n) is 5.44. The van der Waals surface area contributed by atoms with Crippen molar-refractivity contribution < 1.29 is 13.6 Å². The third kappa shape index (κ3) is 2.98. The fourth-order valence-corrected chi connectivity index (χ4v) is 3.86. The maximum Gasteiger partial charge on any atom is 0.259 e. The van der Waals surface area contributed by atoms with Crippen molar-refractivity contribution in [1.82, 2.24) is 4.98 Å². The van der Waals surface area contributed by atoms with Crippen LogP contribution in [0.3, 0.4) is 0 Å². The first kappa shape index (κ1) is 15.4. The summed E-state index contributed by atoms with van der Waals surface area (Å²) in [6.45, 7) is 2.18. The number of aryl methyl sites for hydroxylation is 1. The number of aromatic nitrogens is 1. The van der Waals surface area contributed by atoms with Gasteiger partial charge in [0, 0.05) is 4.88 Å². The van der Waals surface area contributed by atoms with Crippen molar-refractivity contribution in [1.29, 1.82) is 0 Å². The number of hydrogen-bond donors (Lipinski definition) is 1. The molecule has 22 heavy (non-hydrogen) atoms. The highest BCUT2D eigenvalue weighted by atomic mass is 35.5. The van der Waals surface area contributed by atoms with Crippen LogP contribution in [0, 0.1) is 17.6 Å². The Balaban J connectivity index is 1.82. The number of thiazole rings is 1. The SMILES string of the molecule is CC1CCc2nc(NC(=O)c3cc(F)c(F)cc3Cl)sc2C1. The van der Waals surface area contributed by atoms with Gasteiger partial charge in [-0.2, -0.15) is 0 Å². The highest BCUT2D eigenvalue weighted by Gasteiger charge is 2.21. The minimum atomic E-state index is -1.11. The van der Waals surface area contributed by atoms with Crippen LogP contribution in [-0.4, -0.2) is 10.9 Å². The Bertz CT molecular complexity index is 747. The molecule has 0 saturated heterocycles. The Morgan fingerprint density at radius 1 is 1.41 bits per heavy atom. The van der Waals surface area contributed by atoms with Gasteiger partial charge in [0.1, 0.15) is 0 Å². The second-order valence-corrected chi connectivity index (χ2v) is 6.93. The first-order valence-corrected chi connectivity index (χ1v) is 8.08. The van der Waals surface area contributed by atoms with Crippen LogP contribution in [0.4, 0.5) is 13.9 Å². The first-order valence-electron chi connectivity index (χ1n) is 6.88. The molecule has 1 unspecified atom stereocenters. The van der Waals surface area contributed by atoms with Gasteiger partial charge in [0.25, 0.3) is 5.91 Å². The molecular formula is C15H13ClF2N2OS. The molecule has 1 aromatic heterocycles. The summed E-state index contributed by atoms with van der Waals surface area (Å²) in [5.41, 5.74) is 0.900. The number of amides is 1. The molecule has 1 aliphatic carbocycles. The summed E-state index contributed by atoms with van der Waals surface area (Å²) in [6.07, 6.45) is 2.93. The molecule has 0 spiro atoms. The highest BCUT2D eigenvalue weighted by Crippen LogP contribution is 2.32. The molecular weight excluding hydrogens is 330 g/mol. The zero-order chi connectivity index (χ0) is 15.9. The van der Waals surface area contributed by atoms with Gasteiger partial charge < -0.3 is 0 Å². The summed E-state index contributed by atoms with van der Waals surface area (Å²) < 4.78 is 26.3. The van der Waals surface area contributed by atoms with Crippen molar-refractivity contribution >= 4 is 34.0 Å². The Kier molecular flexibility index (Phi) is 4.14. The lowest BCUT2D eigenvalue weighted by molar-refractivity contribution is 0.102. The number of fused-ring (bicyclic) bond motifs is 1. The molecule has 1 heterocycles. The largest absolute Gasteiger partial charge is 0.298 e. The van der Waals surface area contributed by atoms with E-state index in [2.05, 4.69) is 17.2 Å². The number of nitrogens with zero attached hydrogens (tertiary/aromatic N) is 1. The number of carbonyl (C=O) groups excluding carboxylic acids is 1. The van der Waals surface area contributed by atoms with Crippen molar-refractivity contribution in [2.24, 2.45) is 5.92 Å². The lowest BCUT2D eigenvalue weighted by Gasteiger charge is -2.15. The molecule has 0 radical (unpaired) electrons. The van der Waals surface area contributed by atoms with Crippen LogP contribution < -0.4 is 5.32 Å². The molecule has 1 aromatic carbocycles. The van der Waals surface area contributed by atoms with E-state index in [-0.39, 0.29) is 10.6 Å². The monoisotopic (exact) mass is 342 g/mol. The minimum absolute atomic E-state index is 0.109. The molecule has 3 nitrogen and oxygen atoms in total. The number of anilines is 1. The van der Waals surface area contributed by atoms with Crippen LogP contribution in [0.25, 0.3) is 0 Å². The van der Waals surface area contributed by atoms with E-state index >= 15 is 0 Å². The van der Waals surface area contributed by atoms with Crippen LogP contribution in [0.1, 0.15) is 34.3 Å². The predicted molar refractivity (Wildman–Crippen MR) is 82.6 cm³/mol. The van der Waals surface area contributed by atoms with E-state index in [0.29, 0.717) is 11.0 Å². The number of hydrogen-bond acceptors (Lipinski definition) is 3. The molecule has 1 aliphatic rings. The van der Waals surface area contributed by atoms with E-state index in [1.165, 1.54) is 16.2 Å². The fourth-order valence-electron chi connectivity index (χ4n) is 2.45. The summed E-state index contributed by atoms with van der Waals surface area (Å²) in [5, 5.41) is 2.94. The standard InChI is InChI=1S/C15H13ClF2N2OS/c1-7-2-3-12-13(4-7)22-15(19-12)20-14(21)8-5-10(17)11(18)6-9(8)16/h5-7H,2-4H2,1H3,(H,19,20,21). The normalized spacial score (nSPS) is 17.2. The molecule has 1 atom stereocenters. The average molecular weight is 343 g/mol. The molecule has 3 rings (SSSR count). The van der Waals surface area contributed by atoms with Crippen molar-refractivity contribution in [3.05, 3.63) is 44.9 Å². The van der Waals surface area contributed by atoms with Crippen molar-refractivity contribution in [3.8, 4) is 0 Å².